The molecule has 0 atom stereocenters. The SMILES string of the molecule is CCc1ccccc1OCCNC(=O)Nc1c(C)cccc1C. The summed E-state index contributed by atoms with van der Waals surface area (Å²) in [6.07, 6.45) is 0.927. The Kier molecular flexibility index (Phi) is 6.03. The Morgan fingerprint density at radius 3 is 2.43 bits per heavy atom. The summed E-state index contributed by atoms with van der Waals surface area (Å²) >= 11 is 0. The van der Waals surface area contributed by atoms with Crippen LogP contribution >= 0.6 is 0 Å². The van der Waals surface area contributed by atoms with Crippen LogP contribution in [-0.2, 0) is 6.42 Å². The van der Waals surface area contributed by atoms with E-state index in [9.17, 15) is 4.79 Å². The molecule has 0 fully saturated rings. The van der Waals surface area contributed by atoms with E-state index in [0.717, 1.165) is 29.0 Å². The molecule has 23 heavy (non-hydrogen) atoms. The molecule has 0 radical (unpaired) electrons. The second-order valence-electron chi connectivity index (χ2n) is 5.46. The molecule has 0 aromatic heterocycles. The number of amides is 2. The lowest BCUT2D eigenvalue weighted by Gasteiger charge is -2.13. The molecule has 0 aliphatic rings. The normalized spacial score (nSPS) is 10.2. The van der Waals surface area contributed by atoms with E-state index in [0.29, 0.717) is 13.2 Å². The van der Waals surface area contributed by atoms with Crippen molar-refractivity contribution < 1.29 is 9.53 Å². The van der Waals surface area contributed by atoms with Gasteiger partial charge >= 0.3 is 6.03 Å². The average Bonchev–Trinajstić information content (AvgIpc) is 2.55. The summed E-state index contributed by atoms with van der Waals surface area (Å²) in [6, 6.07) is 13.7. The summed E-state index contributed by atoms with van der Waals surface area (Å²) in [5, 5.41) is 5.71. The highest BCUT2D eigenvalue weighted by atomic mass is 16.5. The number of ether oxygens (including phenoxy) is 1. The number of rotatable bonds is 6. The minimum absolute atomic E-state index is 0.213. The highest BCUT2D eigenvalue weighted by Gasteiger charge is 2.06. The molecular weight excluding hydrogens is 288 g/mol. The van der Waals surface area contributed by atoms with Gasteiger partial charge in [-0.25, -0.2) is 4.79 Å². The number of carbonyl (C=O) groups is 1. The largest absolute Gasteiger partial charge is 0.491 e. The fourth-order valence-electron chi connectivity index (χ4n) is 2.43. The van der Waals surface area contributed by atoms with Gasteiger partial charge in [0.25, 0.3) is 0 Å². The quantitative estimate of drug-likeness (QED) is 0.790. The first-order valence-electron chi connectivity index (χ1n) is 7.93. The van der Waals surface area contributed by atoms with Gasteiger partial charge in [-0.1, -0.05) is 43.3 Å². The van der Waals surface area contributed by atoms with E-state index in [4.69, 9.17) is 4.74 Å². The predicted octanol–water partition coefficient (Wildman–Crippen LogP) is 4.07. The zero-order chi connectivity index (χ0) is 16.7. The van der Waals surface area contributed by atoms with Crippen molar-refractivity contribution in [2.45, 2.75) is 27.2 Å². The summed E-state index contributed by atoms with van der Waals surface area (Å²) < 4.78 is 5.73. The molecule has 0 bridgehead atoms. The zero-order valence-corrected chi connectivity index (χ0v) is 14.0. The van der Waals surface area contributed by atoms with E-state index in [1.165, 1.54) is 5.56 Å². The number of benzene rings is 2. The van der Waals surface area contributed by atoms with Gasteiger partial charge in [-0.3, -0.25) is 0 Å². The van der Waals surface area contributed by atoms with E-state index in [2.05, 4.69) is 23.6 Å². The molecule has 0 spiro atoms. The maximum atomic E-state index is 12.0. The van der Waals surface area contributed by atoms with Crippen LogP contribution in [0.4, 0.5) is 10.5 Å². The Morgan fingerprint density at radius 2 is 1.74 bits per heavy atom. The number of anilines is 1. The molecular formula is C19H24N2O2. The Hall–Kier alpha value is -2.49. The number of carbonyl (C=O) groups excluding carboxylic acids is 1. The van der Waals surface area contributed by atoms with Gasteiger partial charge in [-0.05, 0) is 43.0 Å². The van der Waals surface area contributed by atoms with E-state index in [-0.39, 0.29) is 6.03 Å². The standard InChI is InChI=1S/C19H24N2O2/c1-4-16-10-5-6-11-17(16)23-13-12-20-19(22)21-18-14(2)8-7-9-15(18)3/h5-11H,4,12-13H2,1-3H3,(H2,20,21,22). The van der Waals surface area contributed by atoms with Gasteiger partial charge in [0.15, 0.2) is 0 Å². The highest BCUT2D eigenvalue weighted by Crippen LogP contribution is 2.19. The molecule has 0 unspecified atom stereocenters. The van der Waals surface area contributed by atoms with E-state index < -0.39 is 0 Å². The topological polar surface area (TPSA) is 50.4 Å². The van der Waals surface area contributed by atoms with Crippen molar-refractivity contribution in [3.05, 3.63) is 59.2 Å². The lowest BCUT2D eigenvalue weighted by atomic mass is 10.1. The molecule has 2 rings (SSSR count). The second-order valence-corrected chi connectivity index (χ2v) is 5.46. The summed E-state index contributed by atoms with van der Waals surface area (Å²) in [5.41, 5.74) is 4.14. The van der Waals surface area contributed by atoms with Crippen LogP contribution in [0.15, 0.2) is 42.5 Å². The molecule has 2 N–H and O–H groups in total. The van der Waals surface area contributed by atoms with Crippen molar-refractivity contribution in [2.75, 3.05) is 18.5 Å². The van der Waals surface area contributed by atoms with Crippen molar-refractivity contribution in [2.24, 2.45) is 0 Å². The maximum Gasteiger partial charge on any atom is 0.319 e. The van der Waals surface area contributed by atoms with Crippen molar-refractivity contribution in [1.82, 2.24) is 5.32 Å². The predicted molar refractivity (Wildman–Crippen MR) is 94.3 cm³/mol. The molecule has 0 saturated heterocycles. The molecule has 4 nitrogen and oxygen atoms in total. The van der Waals surface area contributed by atoms with Crippen molar-refractivity contribution in [1.29, 1.82) is 0 Å². The third-order valence-corrected chi connectivity index (χ3v) is 3.72. The van der Waals surface area contributed by atoms with Crippen LogP contribution in [0.1, 0.15) is 23.6 Å². The van der Waals surface area contributed by atoms with Gasteiger partial charge in [0.2, 0.25) is 0 Å². The second kappa shape index (κ2) is 8.22. The summed E-state index contributed by atoms with van der Waals surface area (Å²) in [5.74, 6) is 0.881. The minimum Gasteiger partial charge on any atom is -0.491 e. The first-order valence-corrected chi connectivity index (χ1v) is 7.93. The van der Waals surface area contributed by atoms with Crippen LogP contribution in [0, 0.1) is 13.8 Å². The van der Waals surface area contributed by atoms with Crippen molar-refractivity contribution in [3.63, 3.8) is 0 Å². The fraction of sp³-hybridized carbons (Fsp3) is 0.316. The number of hydrogen-bond acceptors (Lipinski definition) is 2. The average molecular weight is 312 g/mol. The fourth-order valence-corrected chi connectivity index (χ4v) is 2.43. The molecule has 4 heteroatoms. The first kappa shape index (κ1) is 16.9. The Morgan fingerprint density at radius 1 is 1.04 bits per heavy atom. The van der Waals surface area contributed by atoms with Crippen LogP contribution < -0.4 is 15.4 Å². The lowest BCUT2D eigenvalue weighted by molar-refractivity contribution is 0.247. The Bertz CT molecular complexity index is 648. The van der Waals surface area contributed by atoms with Crippen LogP contribution in [0.3, 0.4) is 0 Å². The van der Waals surface area contributed by atoms with Gasteiger partial charge in [0, 0.05) is 5.69 Å². The third kappa shape index (κ3) is 4.74. The van der Waals surface area contributed by atoms with Gasteiger partial charge in [-0.15, -0.1) is 0 Å². The molecule has 0 aliphatic carbocycles. The third-order valence-electron chi connectivity index (χ3n) is 3.72. The first-order chi connectivity index (χ1) is 11.1. The van der Waals surface area contributed by atoms with Crippen LogP contribution in [0.5, 0.6) is 5.75 Å². The van der Waals surface area contributed by atoms with E-state index in [1.54, 1.807) is 0 Å². The number of para-hydroxylation sites is 2. The van der Waals surface area contributed by atoms with E-state index >= 15 is 0 Å². The summed E-state index contributed by atoms with van der Waals surface area (Å²) in [7, 11) is 0. The zero-order valence-electron chi connectivity index (χ0n) is 14.0. The van der Waals surface area contributed by atoms with Crippen LogP contribution in [-0.4, -0.2) is 19.2 Å². The highest BCUT2D eigenvalue weighted by molar-refractivity contribution is 5.90. The van der Waals surface area contributed by atoms with E-state index in [1.807, 2.05) is 50.2 Å². The van der Waals surface area contributed by atoms with Gasteiger partial charge < -0.3 is 15.4 Å². The van der Waals surface area contributed by atoms with Crippen molar-refractivity contribution >= 4 is 11.7 Å². The van der Waals surface area contributed by atoms with Crippen LogP contribution in [0.2, 0.25) is 0 Å². The minimum atomic E-state index is -0.213. The molecule has 0 aliphatic heterocycles. The molecule has 2 aromatic rings. The maximum absolute atomic E-state index is 12.0. The summed E-state index contributed by atoms with van der Waals surface area (Å²) in [4.78, 5) is 12.0. The van der Waals surface area contributed by atoms with Crippen LogP contribution in [0.25, 0.3) is 0 Å². The molecule has 122 valence electrons. The Balaban J connectivity index is 1.79. The Labute approximate surface area is 137 Å². The summed E-state index contributed by atoms with van der Waals surface area (Å²) in [6.45, 7) is 6.95. The monoisotopic (exact) mass is 312 g/mol. The number of urea groups is 1. The lowest BCUT2D eigenvalue weighted by Crippen LogP contribution is -2.32. The molecule has 2 amide bonds. The molecule has 0 heterocycles. The number of hydrogen-bond donors (Lipinski definition) is 2. The van der Waals surface area contributed by atoms with Gasteiger partial charge in [0.05, 0.1) is 6.54 Å². The van der Waals surface area contributed by atoms with Gasteiger partial charge in [-0.2, -0.15) is 0 Å². The smallest absolute Gasteiger partial charge is 0.319 e. The number of aryl methyl sites for hydroxylation is 3. The number of nitrogens with one attached hydrogen (secondary N) is 2. The van der Waals surface area contributed by atoms with Crippen molar-refractivity contribution in [3.8, 4) is 5.75 Å². The molecule has 0 saturated carbocycles. The molecule has 2 aromatic carbocycles. The van der Waals surface area contributed by atoms with Gasteiger partial charge in [0.1, 0.15) is 12.4 Å².